The molecule has 0 aliphatic carbocycles. The Morgan fingerprint density at radius 1 is 1.33 bits per heavy atom. The van der Waals surface area contributed by atoms with Crippen molar-refractivity contribution in [2.45, 2.75) is 18.4 Å². The highest BCUT2D eigenvalue weighted by atomic mass is 127. The van der Waals surface area contributed by atoms with Crippen LogP contribution in [0.25, 0.3) is 0 Å². The second kappa shape index (κ2) is 11.4. The molecule has 2 heterocycles. The van der Waals surface area contributed by atoms with E-state index in [1.807, 2.05) is 17.8 Å². The molecular formula is C19H30FIN4OS. The Kier molecular flexibility index (Phi) is 9.61. The normalized spacial score (nSPS) is 23.7. The van der Waals surface area contributed by atoms with Gasteiger partial charge in [-0.3, -0.25) is 9.89 Å². The van der Waals surface area contributed by atoms with Gasteiger partial charge in [-0.05, 0) is 36.3 Å². The molecule has 0 spiro atoms. The van der Waals surface area contributed by atoms with Crippen molar-refractivity contribution in [3.63, 3.8) is 0 Å². The Bertz CT molecular complexity index is 607. The summed E-state index contributed by atoms with van der Waals surface area (Å²) in [5.74, 6) is 2.99. The van der Waals surface area contributed by atoms with Gasteiger partial charge in [-0.1, -0.05) is 12.1 Å². The third-order valence-electron chi connectivity index (χ3n) is 5.17. The van der Waals surface area contributed by atoms with Crippen molar-refractivity contribution in [1.82, 2.24) is 15.5 Å². The zero-order valence-electron chi connectivity index (χ0n) is 15.9. The highest BCUT2D eigenvalue weighted by Gasteiger charge is 2.40. The van der Waals surface area contributed by atoms with Crippen LogP contribution in [-0.2, 0) is 11.2 Å². The smallest absolute Gasteiger partial charge is 0.191 e. The number of morpholine rings is 1. The van der Waals surface area contributed by atoms with E-state index in [1.165, 1.54) is 18.2 Å². The summed E-state index contributed by atoms with van der Waals surface area (Å²) in [7, 11) is 1.79. The summed E-state index contributed by atoms with van der Waals surface area (Å²) >= 11 is 2.03. The fourth-order valence-electron chi connectivity index (χ4n) is 3.62. The summed E-state index contributed by atoms with van der Waals surface area (Å²) in [6, 6.07) is 6.76. The van der Waals surface area contributed by atoms with E-state index < -0.39 is 0 Å². The van der Waals surface area contributed by atoms with Crippen LogP contribution in [-0.4, -0.2) is 74.3 Å². The Morgan fingerprint density at radius 2 is 2.15 bits per heavy atom. The van der Waals surface area contributed by atoms with E-state index in [9.17, 15) is 4.39 Å². The lowest BCUT2D eigenvalue weighted by Gasteiger charge is -2.43. The molecular weight excluding hydrogens is 478 g/mol. The van der Waals surface area contributed by atoms with Crippen LogP contribution in [0.2, 0.25) is 0 Å². The highest BCUT2D eigenvalue weighted by molar-refractivity contribution is 14.0. The Hall–Kier alpha value is -0.580. The number of nitrogens with zero attached hydrogens (tertiary/aromatic N) is 2. The first kappa shape index (κ1) is 22.7. The molecule has 1 aromatic rings. The molecule has 2 saturated heterocycles. The summed E-state index contributed by atoms with van der Waals surface area (Å²) in [4.78, 5) is 6.93. The van der Waals surface area contributed by atoms with E-state index in [1.54, 1.807) is 19.2 Å². The Labute approximate surface area is 182 Å². The molecule has 0 saturated carbocycles. The average molecular weight is 508 g/mol. The minimum Gasteiger partial charge on any atom is -0.379 e. The lowest BCUT2D eigenvalue weighted by Crippen LogP contribution is -2.60. The lowest BCUT2D eigenvalue weighted by molar-refractivity contribution is -0.0120. The molecule has 0 radical (unpaired) electrons. The lowest BCUT2D eigenvalue weighted by atomic mass is 9.95. The summed E-state index contributed by atoms with van der Waals surface area (Å²) in [6.45, 7) is 5.28. The molecule has 0 aromatic heterocycles. The molecule has 1 unspecified atom stereocenters. The number of nitrogens with one attached hydrogen (secondary N) is 2. The average Bonchev–Trinajstić information content (AvgIpc) is 3.15. The number of thioether (sulfide) groups is 1. The van der Waals surface area contributed by atoms with Gasteiger partial charge in [0.05, 0.1) is 13.2 Å². The van der Waals surface area contributed by atoms with Crippen molar-refractivity contribution in [2.75, 3.05) is 57.9 Å². The first-order valence-corrected chi connectivity index (χ1v) is 10.5. The molecule has 1 atom stereocenters. The SMILES string of the molecule is CN=C(NCCc1cccc(F)c1)NCC1(N2CCOCC2)CCSC1.I. The minimum atomic E-state index is -0.184. The molecule has 8 heteroatoms. The van der Waals surface area contributed by atoms with Crippen LogP contribution in [0.3, 0.4) is 0 Å². The summed E-state index contributed by atoms with van der Waals surface area (Å²) in [5, 5.41) is 6.86. The van der Waals surface area contributed by atoms with Gasteiger partial charge in [0.2, 0.25) is 0 Å². The molecule has 0 amide bonds. The van der Waals surface area contributed by atoms with E-state index >= 15 is 0 Å². The zero-order chi connectivity index (χ0) is 18.2. The number of hydrogen-bond donors (Lipinski definition) is 2. The number of rotatable bonds is 6. The van der Waals surface area contributed by atoms with Gasteiger partial charge in [-0.25, -0.2) is 4.39 Å². The van der Waals surface area contributed by atoms with Crippen LogP contribution in [0, 0.1) is 5.82 Å². The number of guanidine groups is 1. The van der Waals surface area contributed by atoms with Crippen LogP contribution in [0.4, 0.5) is 4.39 Å². The fraction of sp³-hybridized carbons (Fsp3) is 0.632. The van der Waals surface area contributed by atoms with Crippen LogP contribution >= 0.6 is 35.7 Å². The van der Waals surface area contributed by atoms with E-state index in [2.05, 4.69) is 20.5 Å². The summed E-state index contributed by atoms with van der Waals surface area (Å²) in [5.41, 5.74) is 1.18. The Balaban J connectivity index is 0.00000261. The second-order valence-electron chi connectivity index (χ2n) is 6.86. The molecule has 27 heavy (non-hydrogen) atoms. The molecule has 2 aliphatic heterocycles. The number of ether oxygens (including phenoxy) is 1. The third-order valence-corrected chi connectivity index (χ3v) is 6.40. The van der Waals surface area contributed by atoms with Crippen LogP contribution in [0.15, 0.2) is 29.3 Å². The maximum Gasteiger partial charge on any atom is 0.191 e. The maximum atomic E-state index is 13.3. The molecule has 2 aliphatic rings. The topological polar surface area (TPSA) is 48.9 Å². The van der Waals surface area contributed by atoms with Gasteiger partial charge in [0.1, 0.15) is 5.82 Å². The van der Waals surface area contributed by atoms with Gasteiger partial charge < -0.3 is 15.4 Å². The maximum absolute atomic E-state index is 13.3. The number of benzene rings is 1. The van der Waals surface area contributed by atoms with E-state index in [0.29, 0.717) is 0 Å². The predicted octanol–water partition coefficient (Wildman–Crippen LogP) is 2.36. The van der Waals surface area contributed by atoms with Crippen molar-refractivity contribution < 1.29 is 9.13 Å². The molecule has 152 valence electrons. The minimum absolute atomic E-state index is 0. The standard InChI is InChI=1S/C19H29FN4OS.HI/c1-21-18(22-7-5-16-3-2-4-17(20)13-16)23-14-19(6-12-26-15-19)24-8-10-25-11-9-24;/h2-4,13H,5-12,14-15H2,1H3,(H2,21,22,23);1H. The number of hydrogen-bond acceptors (Lipinski definition) is 4. The molecule has 2 N–H and O–H groups in total. The summed E-state index contributed by atoms with van der Waals surface area (Å²) in [6.07, 6.45) is 1.97. The summed E-state index contributed by atoms with van der Waals surface area (Å²) < 4.78 is 18.8. The molecule has 3 rings (SSSR count). The van der Waals surface area contributed by atoms with Gasteiger partial charge in [0.25, 0.3) is 0 Å². The molecule has 1 aromatic carbocycles. The van der Waals surface area contributed by atoms with E-state index in [-0.39, 0.29) is 35.3 Å². The largest absolute Gasteiger partial charge is 0.379 e. The van der Waals surface area contributed by atoms with E-state index in [0.717, 1.165) is 63.1 Å². The Morgan fingerprint density at radius 3 is 2.81 bits per heavy atom. The van der Waals surface area contributed by atoms with Crippen molar-refractivity contribution in [1.29, 1.82) is 0 Å². The highest BCUT2D eigenvalue weighted by Crippen LogP contribution is 2.33. The van der Waals surface area contributed by atoms with Gasteiger partial charge in [0, 0.05) is 44.5 Å². The predicted molar refractivity (Wildman–Crippen MR) is 122 cm³/mol. The van der Waals surface area contributed by atoms with Gasteiger partial charge in [-0.2, -0.15) is 11.8 Å². The quantitative estimate of drug-likeness (QED) is 0.351. The fourth-order valence-corrected chi connectivity index (χ4v) is 5.10. The second-order valence-corrected chi connectivity index (χ2v) is 7.96. The first-order valence-electron chi connectivity index (χ1n) is 9.31. The third kappa shape index (κ3) is 6.47. The van der Waals surface area contributed by atoms with Crippen molar-refractivity contribution in [2.24, 2.45) is 4.99 Å². The van der Waals surface area contributed by atoms with E-state index in [4.69, 9.17) is 4.74 Å². The van der Waals surface area contributed by atoms with Crippen LogP contribution in [0.5, 0.6) is 0 Å². The monoisotopic (exact) mass is 508 g/mol. The van der Waals surface area contributed by atoms with Gasteiger partial charge in [-0.15, -0.1) is 24.0 Å². The van der Waals surface area contributed by atoms with Crippen molar-refractivity contribution in [3.05, 3.63) is 35.6 Å². The number of halogens is 2. The van der Waals surface area contributed by atoms with Crippen LogP contribution in [0.1, 0.15) is 12.0 Å². The van der Waals surface area contributed by atoms with Crippen molar-refractivity contribution in [3.8, 4) is 0 Å². The molecule has 5 nitrogen and oxygen atoms in total. The van der Waals surface area contributed by atoms with Crippen LogP contribution < -0.4 is 10.6 Å². The molecule has 2 fully saturated rings. The zero-order valence-corrected chi connectivity index (χ0v) is 19.0. The van der Waals surface area contributed by atoms with Crippen molar-refractivity contribution >= 4 is 41.7 Å². The number of aliphatic imine (C=N–C) groups is 1. The molecule has 0 bridgehead atoms. The van der Waals surface area contributed by atoms with Gasteiger partial charge in [0.15, 0.2) is 5.96 Å². The first-order chi connectivity index (χ1) is 12.7. The van der Waals surface area contributed by atoms with Gasteiger partial charge >= 0.3 is 0 Å².